The second-order valence-corrected chi connectivity index (χ2v) is 5.08. The monoisotopic (exact) mass is 298 g/mol. The van der Waals surface area contributed by atoms with Gasteiger partial charge in [0, 0.05) is 17.4 Å². The van der Waals surface area contributed by atoms with Crippen molar-refractivity contribution in [3.8, 4) is 11.5 Å². The van der Waals surface area contributed by atoms with E-state index < -0.39 is 0 Å². The number of rotatable bonds is 4. The van der Waals surface area contributed by atoms with Crippen molar-refractivity contribution in [1.29, 1.82) is 0 Å². The first-order valence-corrected chi connectivity index (χ1v) is 7.21. The van der Waals surface area contributed by atoms with E-state index in [0.29, 0.717) is 30.4 Å². The van der Waals surface area contributed by atoms with Crippen LogP contribution >= 0.6 is 0 Å². The number of carbonyl (C=O) groups is 1. The Morgan fingerprint density at radius 1 is 1.09 bits per heavy atom. The zero-order chi connectivity index (χ0) is 15.4. The number of hydrogen-bond acceptors (Lipinski definition) is 4. The van der Waals surface area contributed by atoms with Crippen LogP contribution in [-0.2, 0) is 4.79 Å². The standard InChI is InChI=1S/C17H18N2O3/c1-12-4-2-3-5-14(12)18-11-17(20)19-13-6-7-15-16(10-13)22-9-8-21-15/h2-7,10,18H,8-9,11H2,1H3,(H,19,20). The average Bonchev–Trinajstić information content (AvgIpc) is 2.54. The van der Waals surface area contributed by atoms with Gasteiger partial charge in [0.25, 0.3) is 0 Å². The summed E-state index contributed by atoms with van der Waals surface area (Å²) in [6.07, 6.45) is 0. The predicted molar refractivity (Wildman–Crippen MR) is 85.7 cm³/mol. The third-order valence-corrected chi connectivity index (χ3v) is 3.41. The summed E-state index contributed by atoms with van der Waals surface area (Å²) in [7, 11) is 0. The molecule has 1 amide bonds. The first-order chi connectivity index (χ1) is 10.7. The minimum atomic E-state index is -0.111. The zero-order valence-electron chi connectivity index (χ0n) is 12.4. The van der Waals surface area contributed by atoms with Crippen LogP contribution in [0.25, 0.3) is 0 Å². The number of ether oxygens (including phenoxy) is 2. The minimum absolute atomic E-state index is 0.111. The van der Waals surface area contributed by atoms with E-state index in [1.54, 1.807) is 18.2 Å². The molecule has 5 nitrogen and oxygen atoms in total. The molecule has 1 heterocycles. The molecule has 0 bridgehead atoms. The second kappa shape index (κ2) is 6.39. The van der Waals surface area contributed by atoms with Crippen LogP contribution in [0.15, 0.2) is 42.5 Å². The van der Waals surface area contributed by atoms with E-state index in [-0.39, 0.29) is 12.5 Å². The number of nitrogens with one attached hydrogen (secondary N) is 2. The van der Waals surface area contributed by atoms with Gasteiger partial charge < -0.3 is 20.1 Å². The molecule has 0 radical (unpaired) electrons. The first-order valence-electron chi connectivity index (χ1n) is 7.21. The molecule has 22 heavy (non-hydrogen) atoms. The molecule has 0 saturated carbocycles. The highest BCUT2D eigenvalue weighted by Crippen LogP contribution is 2.32. The molecule has 0 spiro atoms. The molecule has 114 valence electrons. The lowest BCUT2D eigenvalue weighted by molar-refractivity contribution is -0.114. The van der Waals surface area contributed by atoms with Gasteiger partial charge in [0.1, 0.15) is 13.2 Å². The van der Waals surface area contributed by atoms with Crippen molar-refractivity contribution >= 4 is 17.3 Å². The summed E-state index contributed by atoms with van der Waals surface area (Å²) in [6.45, 7) is 3.29. The van der Waals surface area contributed by atoms with E-state index in [2.05, 4.69) is 10.6 Å². The number of aryl methyl sites for hydroxylation is 1. The third-order valence-electron chi connectivity index (χ3n) is 3.41. The minimum Gasteiger partial charge on any atom is -0.486 e. The lowest BCUT2D eigenvalue weighted by Crippen LogP contribution is -2.22. The van der Waals surface area contributed by atoms with E-state index in [1.165, 1.54) is 0 Å². The van der Waals surface area contributed by atoms with Crippen LogP contribution in [0, 0.1) is 6.92 Å². The fourth-order valence-electron chi connectivity index (χ4n) is 2.27. The van der Waals surface area contributed by atoms with Gasteiger partial charge in [-0.1, -0.05) is 18.2 Å². The summed E-state index contributed by atoms with van der Waals surface area (Å²) in [6, 6.07) is 13.2. The summed E-state index contributed by atoms with van der Waals surface area (Å²) in [5.41, 5.74) is 2.76. The van der Waals surface area contributed by atoms with E-state index >= 15 is 0 Å². The molecule has 1 aliphatic rings. The van der Waals surface area contributed by atoms with Crippen LogP contribution in [0.2, 0.25) is 0 Å². The van der Waals surface area contributed by atoms with Crippen LogP contribution in [0.5, 0.6) is 11.5 Å². The zero-order valence-corrected chi connectivity index (χ0v) is 12.4. The number of anilines is 2. The van der Waals surface area contributed by atoms with Crippen molar-refractivity contribution < 1.29 is 14.3 Å². The smallest absolute Gasteiger partial charge is 0.243 e. The third kappa shape index (κ3) is 3.31. The van der Waals surface area contributed by atoms with E-state index in [0.717, 1.165) is 11.3 Å². The molecular weight excluding hydrogens is 280 g/mol. The highest BCUT2D eigenvalue weighted by Gasteiger charge is 2.12. The van der Waals surface area contributed by atoms with Crippen molar-refractivity contribution in [3.63, 3.8) is 0 Å². The molecule has 0 saturated heterocycles. The maximum atomic E-state index is 12.0. The molecule has 3 rings (SSSR count). The summed E-state index contributed by atoms with van der Waals surface area (Å²) >= 11 is 0. The van der Waals surface area contributed by atoms with Crippen molar-refractivity contribution in [2.24, 2.45) is 0 Å². The maximum Gasteiger partial charge on any atom is 0.243 e. The van der Waals surface area contributed by atoms with Gasteiger partial charge in [-0.2, -0.15) is 0 Å². The Bertz CT molecular complexity index is 685. The molecule has 0 aromatic heterocycles. The number of fused-ring (bicyclic) bond motifs is 1. The van der Waals surface area contributed by atoms with Crippen LogP contribution in [0.1, 0.15) is 5.56 Å². The molecule has 2 aromatic carbocycles. The predicted octanol–water partition coefficient (Wildman–Crippen LogP) is 2.82. The van der Waals surface area contributed by atoms with Crippen molar-refractivity contribution in [1.82, 2.24) is 0 Å². The largest absolute Gasteiger partial charge is 0.486 e. The number of amides is 1. The number of hydrogen-bond donors (Lipinski definition) is 2. The molecular formula is C17H18N2O3. The Balaban J connectivity index is 1.59. The van der Waals surface area contributed by atoms with E-state index in [9.17, 15) is 4.79 Å². The summed E-state index contributed by atoms with van der Waals surface area (Å²) in [4.78, 5) is 12.0. The van der Waals surface area contributed by atoms with Crippen LogP contribution in [-0.4, -0.2) is 25.7 Å². The maximum absolute atomic E-state index is 12.0. The van der Waals surface area contributed by atoms with Gasteiger partial charge in [0.05, 0.1) is 6.54 Å². The Morgan fingerprint density at radius 2 is 1.86 bits per heavy atom. The van der Waals surface area contributed by atoms with Gasteiger partial charge in [-0.3, -0.25) is 4.79 Å². The van der Waals surface area contributed by atoms with Gasteiger partial charge >= 0.3 is 0 Å². The van der Waals surface area contributed by atoms with Gasteiger partial charge in [-0.25, -0.2) is 0 Å². The second-order valence-electron chi connectivity index (χ2n) is 5.08. The highest BCUT2D eigenvalue weighted by molar-refractivity contribution is 5.94. The lowest BCUT2D eigenvalue weighted by atomic mass is 10.2. The Hall–Kier alpha value is -2.69. The molecule has 1 aliphatic heterocycles. The van der Waals surface area contributed by atoms with Crippen molar-refractivity contribution in [3.05, 3.63) is 48.0 Å². The van der Waals surface area contributed by atoms with Crippen LogP contribution in [0.4, 0.5) is 11.4 Å². The fourth-order valence-corrected chi connectivity index (χ4v) is 2.27. The summed E-state index contributed by atoms with van der Waals surface area (Å²) in [5, 5.41) is 5.97. The summed E-state index contributed by atoms with van der Waals surface area (Å²) < 4.78 is 11.0. The van der Waals surface area contributed by atoms with Gasteiger partial charge in [0.2, 0.25) is 5.91 Å². The lowest BCUT2D eigenvalue weighted by Gasteiger charge is -2.19. The average molecular weight is 298 g/mol. The first kappa shape index (κ1) is 14.3. The molecule has 0 atom stereocenters. The van der Waals surface area contributed by atoms with Crippen LogP contribution in [0.3, 0.4) is 0 Å². The highest BCUT2D eigenvalue weighted by atomic mass is 16.6. The van der Waals surface area contributed by atoms with Crippen molar-refractivity contribution in [2.45, 2.75) is 6.92 Å². The Kier molecular flexibility index (Phi) is 4.14. The van der Waals surface area contributed by atoms with Gasteiger partial charge in [-0.15, -0.1) is 0 Å². The Labute approximate surface area is 129 Å². The molecule has 0 aliphatic carbocycles. The van der Waals surface area contributed by atoms with E-state index in [1.807, 2.05) is 31.2 Å². The van der Waals surface area contributed by atoms with E-state index in [4.69, 9.17) is 9.47 Å². The topological polar surface area (TPSA) is 59.6 Å². The SMILES string of the molecule is Cc1ccccc1NCC(=O)Nc1ccc2c(c1)OCCO2. The fraction of sp³-hybridized carbons (Fsp3) is 0.235. The normalized spacial score (nSPS) is 12.6. The van der Waals surface area contributed by atoms with Crippen LogP contribution < -0.4 is 20.1 Å². The number of benzene rings is 2. The molecule has 2 N–H and O–H groups in total. The summed E-state index contributed by atoms with van der Waals surface area (Å²) in [5.74, 6) is 1.26. The Morgan fingerprint density at radius 3 is 2.68 bits per heavy atom. The molecule has 2 aromatic rings. The number of para-hydroxylation sites is 1. The number of carbonyl (C=O) groups excluding carboxylic acids is 1. The molecule has 0 unspecified atom stereocenters. The van der Waals surface area contributed by atoms with Gasteiger partial charge in [0.15, 0.2) is 11.5 Å². The van der Waals surface area contributed by atoms with Crippen molar-refractivity contribution in [2.75, 3.05) is 30.4 Å². The molecule has 0 fully saturated rings. The molecule has 5 heteroatoms. The quantitative estimate of drug-likeness (QED) is 0.911. The van der Waals surface area contributed by atoms with Gasteiger partial charge in [-0.05, 0) is 30.7 Å².